The molecule has 0 spiro atoms. The van der Waals surface area contributed by atoms with Crippen LogP contribution in [0.5, 0.6) is 11.5 Å². The lowest BCUT2D eigenvalue weighted by Gasteiger charge is -2.09. The first-order valence-corrected chi connectivity index (χ1v) is 8.40. The molecule has 1 N–H and O–H groups in total. The van der Waals surface area contributed by atoms with Crippen molar-refractivity contribution < 1.29 is 23.9 Å². The van der Waals surface area contributed by atoms with E-state index in [0.29, 0.717) is 29.4 Å². The molecule has 0 aliphatic rings. The van der Waals surface area contributed by atoms with Crippen molar-refractivity contribution in [3.63, 3.8) is 0 Å². The molecule has 0 atom stereocenters. The van der Waals surface area contributed by atoms with E-state index in [1.807, 2.05) is 6.92 Å². The second-order valence-electron chi connectivity index (χ2n) is 5.54. The Kier molecular flexibility index (Phi) is 7.37. The maximum atomic E-state index is 11.9. The van der Waals surface area contributed by atoms with E-state index in [1.54, 1.807) is 49.6 Å². The zero-order chi connectivity index (χ0) is 19.6. The molecule has 0 radical (unpaired) electrons. The van der Waals surface area contributed by atoms with Gasteiger partial charge in [0.05, 0.1) is 19.9 Å². The number of rotatable bonds is 9. The average molecular weight is 370 g/mol. The van der Waals surface area contributed by atoms with Gasteiger partial charge < -0.3 is 19.6 Å². The lowest BCUT2D eigenvalue weighted by Crippen LogP contribution is -2.17. The van der Waals surface area contributed by atoms with Gasteiger partial charge in [-0.05, 0) is 44.2 Å². The summed E-state index contributed by atoms with van der Waals surface area (Å²) in [7, 11) is 1.56. The monoisotopic (exact) mass is 370 g/mol. The van der Waals surface area contributed by atoms with Crippen LogP contribution in [-0.4, -0.2) is 38.2 Å². The largest absolute Gasteiger partial charge is 0.493 e. The number of ketones is 1. The Morgan fingerprint density at radius 2 is 1.96 bits per heavy atom. The molecule has 0 bridgehead atoms. The Hall–Kier alpha value is -3.35. The number of oxime groups is 1. The third-order valence-electron chi connectivity index (χ3n) is 3.51. The molecule has 0 aromatic heterocycles. The van der Waals surface area contributed by atoms with Crippen molar-refractivity contribution >= 4 is 23.6 Å². The van der Waals surface area contributed by atoms with Gasteiger partial charge in [0.1, 0.15) is 0 Å². The van der Waals surface area contributed by atoms with Crippen molar-refractivity contribution in [2.45, 2.75) is 13.8 Å². The number of nitrogens with one attached hydrogen (secondary N) is 1. The minimum atomic E-state index is -0.378. The Balaban J connectivity index is 1.87. The molecule has 2 aromatic carbocycles. The second kappa shape index (κ2) is 9.96. The predicted octanol–water partition coefficient (Wildman–Crippen LogP) is 3.29. The van der Waals surface area contributed by atoms with E-state index >= 15 is 0 Å². The molecule has 1 amide bonds. The smallest absolute Gasteiger partial charge is 0.265 e. The van der Waals surface area contributed by atoms with Gasteiger partial charge in [-0.1, -0.05) is 17.3 Å². The first-order valence-electron chi connectivity index (χ1n) is 8.40. The van der Waals surface area contributed by atoms with E-state index in [2.05, 4.69) is 10.5 Å². The summed E-state index contributed by atoms with van der Waals surface area (Å²) in [5.74, 6) is 0.781. The van der Waals surface area contributed by atoms with Gasteiger partial charge in [-0.2, -0.15) is 0 Å². The fraction of sp³-hybridized carbons (Fsp3) is 0.250. The summed E-state index contributed by atoms with van der Waals surface area (Å²) >= 11 is 0. The molecule has 0 saturated heterocycles. The average Bonchev–Trinajstić information content (AvgIpc) is 2.66. The number of methoxy groups -OCH3 is 1. The van der Waals surface area contributed by atoms with Gasteiger partial charge in [-0.15, -0.1) is 0 Å². The van der Waals surface area contributed by atoms with Crippen LogP contribution in [0.15, 0.2) is 47.6 Å². The van der Waals surface area contributed by atoms with E-state index in [0.717, 1.165) is 5.56 Å². The number of carbonyl (C=O) groups is 2. The van der Waals surface area contributed by atoms with Crippen LogP contribution in [-0.2, 0) is 9.63 Å². The van der Waals surface area contributed by atoms with Crippen LogP contribution in [0, 0.1) is 0 Å². The van der Waals surface area contributed by atoms with E-state index in [1.165, 1.54) is 13.1 Å². The molecule has 142 valence electrons. The van der Waals surface area contributed by atoms with Gasteiger partial charge in [0, 0.05) is 16.8 Å². The minimum absolute atomic E-state index is 0.0715. The molecule has 2 rings (SSSR count). The minimum Gasteiger partial charge on any atom is -0.493 e. The van der Waals surface area contributed by atoms with Gasteiger partial charge in [-0.25, -0.2) is 0 Å². The first-order chi connectivity index (χ1) is 13.0. The number of benzene rings is 2. The van der Waals surface area contributed by atoms with E-state index < -0.39 is 0 Å². The number of carbonyl (C=O) groups excluding carboxylic acids is 2. The summed E-state index contributed by atoms with van der Waals surface area (Å²) in [5.41, 5.74) is 1.79. The lowest BCUT2D eigenvalue weighted by atomic mass is 10.1. The lowest BCUT2D eigenvalue weighted by molar-refractivity contribution is -0.120. The molecule has 2 aromatic rings. The number of anilines is 1. The standard InChI is InChI=1S/C20H22N2O5/c1-4-26-18-9-8-15(10-19(18)25-3)12-21-27-13-20(24)22-17-7-5-6-16(11-17)14(2)23/h5-12H,4,13H2,1-3H3,(H,22,24)/b21-12+. The molecule has 0 aliphatic carbocycles. The van der Waals surface area contributed by atoms with Crippen LogP contribution in [0.1, 0.15) is 29.8 Å². The Morgan fingerprint density at radius 1 is 1.15 bits per heavy atom. The summed E-state index contributed by atoms with van der Waals surface area (Å²) in [4.78, 5) is 28.3. The van der Waals surface area contributed by atoms with Crippen LogP contribution >= 0.6 is 0 Å². The van der Waals surface area contributed by atoms with Crippen molar-refractivity contribution in [2.75, 3.05) is 25.6 Å². The fourth-order valence-electron chi connectivity index (χ4n) is 2.25. The van der Waals surface area contributed by atoms with Gasteiger partial charge in [-0.3, -0.25) is 9.59 Å². The van der Waals surface area contributed by atoms with Gasteiger partial charge in [0.25, 0.3) is 5.91 Å². The highest BCUT2D eigenvalue weighted by atomic mass is 16.6. The third-order valence-corrected chi connectivity index (χ3v) is 3.51. The zero-order valence-corrected chi connectivity index (χ0v) is 15.5. The van der Waals surface area contributed by atoms with E-state index in [9.17, 15) is 9.59 Å². The van der Waals surface area contributed by atoms with Crippen LogP contribution in [0.4, 0.5) is 5.69 Å². The molecule has 0 unspecified atom stereocenters. The number of nitrogens with zero attached hydrogens (tertiary/aromatic N) is 1. The molecule has 27 heavy (non-hydrogen) atoms. The van der Waals surface area contributed by atoms with Crippen molar-refractivity contribution in [3.05, 3.63) is 53.6 Å². The highest BCUT2D eigenvalue weighted by Gasteiger charge is 2.06. The molecule has 0 fully saturated rings. The quantitative estimate of drug-likeness (QED) is 0.416. The topological polar surface area (TPSA) is 86.2 Å². The second-order valence-corrected chi connectivity index (χ2v) is 5.54. The summed E-state index contributed by atoms with van der Waals surface area (Å²) in [6.45, 7) is 3.64. The highest BCUT2D eigenvalue weighted by molar-refractivity contribution is 5.97. The van der Waals surface area contributed by atoms with Gasteiger partial charge >= 0.3 is 0 Å². The van der Waals surface area contributed by atoms with Crippen molar-refractivity contribution in [3.8, 4) is 11.5 Å². The van der Waals surface area contributed by atoms with E-state index in [4.69, 9.17) is 14.3 Å². The van der Waals surface area contributed by atoms with E-state index in [-0.39, 0.29) is 18.3 Å². The van der Waals surface area contributed by atoms with Crippen LogP contribution < -0.4 is 14.8 Å². The highest BCUT2D eigenvalue weighted by Crippen LogP contribution is 2.27. The number of hydrogen-bond donors (Lipinski definition) is 1. The van der Waals surface area contributed by atoms with Crippen LogP contribution in [0.25, 0.3) is 0 Å². The zero-order valence-electron chi connectivity index (χ0n) is 15.5. The number of hydrogen-bond acceptors (Lipinski definition) is 6. The van der Waals surface area contributed by atoms with Gasteiger partial charge in [0.15, 0.2) is 23.9 Å². The molecule has 0 saturated carbocycles. The van der Waals surface area contributed by atoms with Crippen LogP contribution in [0.2, 0.25) is 0 Å². The molecule has 0 heterocycles. The maximum Gasteiger partial charge on any atom is 0.265 e. The summed E-state index contributed by atoms with van der Waals surface area (Å²) in [6.07, 6.45) is 1.47. The number of Topliss-reactive ketones (excluding diaryl/α,β-unsaturated/α-hetero) is 1. The van der Waals surface area contributed by atoms with Crippen LogP contribution in [0.3, 0.4) is 0 Å². The SMILES string of the molecule is CCOc1ccc(/C=N/OCC(=O)Nc2cccc(C(C)=O)c2)cc1OC. The fourth-order valence-corrected chi connectivity index (χ4v) is 2.25. The predicted molar refractivity (Wildman–Crippen MR) is 103 cm³/mol. The van der Waals surface area contributed by atoms with Crippen molar-refractivity contribution in [1.82, 2.24) is 0 Å². The Bertz CT molecular complexity index is 833. The normalized spacial score (nSPS) is 10.5. The van der Waals surface area contributed by atoms with Crippen molar-refractivity contribution in [1.29, 1.82) is 0 Å². The number of ether oxygens (including phenoxy) is 2. The molecular formula is C20H22N2O5. The Labute approximate surface area is 157 Å². The summed E-state index contributed by atoms with van der Waals surface area (Å²) < 4.78 is 10.7. The summed E-state index contributed by atoms with van der Waals surface area (Å²) in [5, 5.41) is 6.43. The maximum absolute atomic E-state index is 11.9. The van der Waals surface area contributed by atoms with Gasteiger partial charge in [0.2, 0.25) is 0 Å². The number of amides is 1. The summed E-state index contributed by atoms with van der Waals surface area (Å²) in [6, 6.07) is 12.0. The molecule has 7 nitrogen and oxygen atoms in total. The first kappa shape index (κ1) is 20.0. The Morgan fingerprint density at radius 3 is 2.67 bits per heavy atom. The third kappa shape index (κ3) is 6.14. The molecule has 7 heteroatoms. The van der Waals surface area contributed by atoms with Crippen molar-refractivity contribution in [2.24, 2.45) is 5.16 Å². The molecular weight excluding hydrogens is 348 g/mol. The molecule has 0 aliphatic heterocycles.